The molecule has 3 rings (SSSR count). The van der Waals surface area contributed by atoms with Gasteiger partial charge in [-0.25, -0.2) is 4.79 Å². The molecule has 0 bridgehead atoms. The van der Waals surface area contributed by atoms with Gasteiger partial charge < -0.3 is 21.1 Å². The fourth-order valence-electron chi connectivity index (χ4n) is 4.83. The van der Waals surface area contributed by atoms with Crippen LogP contribution in [0.15, 0.2) is 48.5 Å². The number of alkyl carbamates (subject to hydrolysis) is 1. The van der Waals surface area contributed by atoms with Crippen molar-refractivity contribution < 1.29 is 23.9 Å². The molecule has 0 aromatic heterocycles. The van der Waals surface area contributed by atoms with Crippen molar-refractivity contribution in [3.05, 3.63) is 59.7 Å². The van der Waals surface area contributed by atoms with Crippen molar-refractivity contribution in [3.63, 3.8) is 0 Å². The molecule has 3 amide bonds. The summed E-state index contributed by atoms with van der Waals surface area (Å²) in [5, 5.41) is 5.30. The topological polar surface area (TPSA) is 128 Å². The second-order valence-corrected chi connectivity index (χ2v) is 9.98. The maximum absolute atomic E-state index is 13.0. The zero-order chi connectivity index (χ0) is 26.9. The summed E-state index contributed by atoms with van der Waals surface area (Å²) in [6.45, 7) is 5.74. The molecule has 2 aromatic rings. The average Bonchev–Trinajstić information content (AvgIpc) is 3.18. The van der Waals surface area contributed by atoms with E-state index in [0.29, 0.717) is 12.8 Å². The maximum atomic E-state index is 13.0. The number of carbonyl (C=O) groups is 4. The molecule has 0 radical (unpaired) electrons. The maximum Gasteiger partial charge on any atom is 0.407 e. The number of hydrogen-bond donors (Lipinski definition) is 3. The number of hydrogen-bond acceptors (Lipinski definition) is 5. The van der Waals surface area contributed by atoms with Crippen LogP contribution in [0.3, 0.4) is 0 Å². The highest BCUT2D eigenvalue weighted by molar-refractivity contribution is 7.59. The van der Waals surface area contributed by atoms with Gasteiger partial charge in [0, 0.05) is 31.2 Å². The van der Waals surface area contributed by atoms with Crippen LogP contribution < -0.4 is 16.4 Å². The Morgan fingerprint density at radius 1 is 0.949 bits per heavy atom. The van der Waals surface area contributed by atoms with Crippen LogP contribution in [0.2, 0.25) is 0 Å². The first-order valence-electron chi connectivity index (χ1n) is 12.9. The molecule has 1 aliphatic rings. The van der Waals surface area contributed by atoms with Crippen LogP contribution in [0.5, 0.6) is 0 Å². The molecule has 0 saturated carbocycles. The molecule has 0 saturated heterocycles. The van der Waals surface area contributed by atoms with Gasteiger partial charge in [-0.15, -0.1) is 0 Å². The molecule has 0 aliphatic heterocycles. The van der Waals surface area contributed by atoms with Gasteiger partial charge in [0.25, 0.3) is 0 Å². The third-order valence-corrected chi connectivity index (χ3v) is 6.60. The number of Topliss-reactive ketones (excluding diaryl/α,β-unsaturated/α-hetero) is 1. The molecule has 4 N–H and O–H groups in total. The summed E-state index contributed by atoms with van der Waals surface area (Å²) in [4.78, 5) is 49.7. The van der Waals surface area contributed by atoms with E-state index in [1.54, 1.807) is 0 Å². The van der Waals surface area contributed by atoms with Gasteiger partial charge in [0.1, 0.15) is 12.6 Å². The Kier molecular flexibility index (Phi) is 14.1. The lowest BCUT2D eigenvalue weighted by Crippen LogP contribution is -2.49. The highest BCUT2D eigenvalue weighted by Gasteiger charge is 2.30. The van der Waals surface area contributed by atoms with Gasteiger partial charge in [-0.1, -0.05) is 69.3 Å². The van der Waals surface area contributed by atoms with Gasteiger partial charge in [-0.05, 0) is 41.0 Å². The van der Waals surface area contributed by atoms with Crippen LogP contribution in [-0.2, 0) is 19.1 Å². The van der Waals surface area contributed by atoms with Crippen LogP contribution in [0.25, 0.3) is 11.1 Å². The molecular formula is C29H41N3O5S2. The monoisotopic (exact) mass is 575 g/mol. The van der Waals surface area contributed by atoms with Crippen molar-refractivity contribution in [2.24, 2.45) is 17.6 Å². The van der Waals surface area contributed by atoms with Gasteiger partial charge in [0.2, 0.25) is 11.8 Å². The summed E-state index contributed by atoms with van der Waals surface area (Å²) in [5.74, 6) is -1.75. The number of carbonyl (C=O) groups excluding carboxylic acids is 4. The number of ketones is 1. The van der Waals surface area contributed by atoms with Gasteiger partial charge >= 0.3 is 6.09 Å². The van der Waals surface area contributed by atoms with E-state index in [1.165, 1.54) is 0 Å². The molecule has 0 fully saturated rings. The molecule has 0 spiro atoms. The predicted molar refractivity (Wildman–Crippen MR) is 162 cm³/mol. The quantitative estimate of drug-likeness (QED) is 0.331. The lowest BCUT2D eigenvalue weighted by atomic mass is 9.90. The van der Waals surface area contributed by atoms with Gasteiger partial charge in [-0.3, -0.25) is 14.4 Å². The Balaban J connectivity index is 0.00000380. The first-order valence-corrected chi connectivity index (χ1v) is 12.9. The molecule has 1 aliphatic carbocycles. The SMILES string of the molecule is CCCC(=O)N[C@@H](CNC(=O)OCC1c2ccccc2-c2ccccc21)C(=O)C[C@@H](CC(C)C)C(N)=O.S.S. The van der Waals surface area contributed by atoms with Crippen molar-refractivity contribution in [1.29, 1.82) is 0 Å². The van der Waals surface area contributed by atoms with Crippen molar-refractivity contribution in [3.8, 4) is 11.1 Å². The van der Waals surface area contributed by atoms with Crippen molar-refractivity contribution >= 4 is 50.7 Å². The Labute approximate surface area is 244 Å². The number of primary amides is 1. The van der Waals surface area contributed by atoms with Crippen molar-refractivity contribution in [1.82, 2.24) is 10.6 Å². The van der Waals surface area contributed by atoms with Crippen LogP contribution in [-0.4, -0.2) is 42.9 Å². The zero-order valence-electron chi connectivity index (χ0n) is 22.8. The first kappa shape index (κ1) is 34.0. The summed E-state index contributed by atoms with van der Waals surface area (Å²) >= 11 is 0. The fraction of sp³-hybridized carbons (Fsp3) is 0.448. The van der Waals surface area contributed by atoms with E-state index in [0.717, 1.165) is 22.3 Å². The lowest BCUT2D eigenvalue weighted by Gasteiger charge is -2.22. The number of amides is 3. The number of benzene rings is 2. The van der Waals surface area contributed by atoms with E-state index >= 15 is 0 Å². The Hall–Kier alpha value is -2.98. The largest absolute Gasteiger partial charge is 0.449 e. The fourth-order valence-corrected chi connectivity index (χ4v) is 4.83. The van der Waals surface area contributed by atoms with Gasteiger partial charge in [-0.2, -0.15) is 27.0 Å². The van der Waals surface area contributed by atoms with E-state index in [2.05, 4.69) is 22.8 Å². The number of ether oxygens (including phenoxy) is 1. The Morgan fingerprint density at radius 3 is 2.03 bits per heavy atom. The third-order valence-electron chi connectivity index (χ3n) is 6.60. The Bertz CT molecular complexity index is 1100. The molecule has 10 heteroatoms. The van der Waals surface area contributed by atoms with Crippen molar-refractivity contribution in [2.75, 3.05) is 13.2 Å². The molecule has 0 unspecified atom stereocenters. The number of fused-ring (bicyclic) bond motifs is 3. The lowest BCUT2D eigenvalue weighted by molar-refractivity contribution is -0.130. The highest BCUT2D eigenvalue weighted by Crippen LogP contribution is 2.44. The normalized spacial score (nSPS) is 13.1. The third kappa shape index (κ3) is 9.32. The minimum atomic E-state index is -0.978. The smallest absolute Gasteiger partial charge is 0.407 e. The minimum absolute atomic E-state index is 0. The van der Waals surface area contributed by atoms with E-state index in [-0.39, 0.29) is 76.5 Å². The highest BCUT2D eigenvalue weighted by atomic mass is 32.1. The van der Waals surface area contributed by atoms with Crippen LogP contribution >= 0.6 is 27.0 Å². The summed E-state index contributed by atoms with van der Waals surface area (Å²) in [6.07, 6.45) is 0.551. The van der Waals surface area contributed by atoms with E-state index < -0.39 is 24.0 Å². The van der Waals surface area contributed by atoms with Crippen LogP contribution in [0, 0.1) is 11.8 Å². The van der Waals surface area contributed by atoms with E-state index in [1.807, 2.05) is 57.2 Å². The second kappa shape index (κ2) is 16.2. The van der Waals surface area contributed by atoms with E-state index in [4.69, 9.17) is 10.5 Å². The predicted octanol–water partition coefficient (Wildman–Crippen LogP) is 4.14. The first-order chi connectivity index (χ1) is 17.7. The number of rotatable bonds is 13. The summed E-state index contributed by atoms with van der Waals surface area (Å²) in [6, 6.07) is 15.1. The average molecular weight is 576 g/mol. The molecule has 2 atom stereocenters. The van der Waals surface area contributed by atoms with Crippen LogP contribution in [0.1, 0.15) is 63.5 Å². The second-order valence-electron chi connectivity index (χ2n) is 9.98. The van der Waals surface area contributed by atoms with Crippen LogP contribution in [0.4, 0.5) is 4.79 Å². The molecule has 214 valence electrons. The summed E-state index contributed by atoms with van der Waals surface area (Å²) in [5.41, 5.74) is 9.95. The molecule has 8 nitrogen and oxygen atoms in total. The summed E-state index contributed by atoms with van der Waals surface area (Å²) in [7, 11) is 0. The standard InChI is InChI=1S/C29H37N3O5.2H2S/c1-4-9-27(34)32-25(26(33)15-19(28(30)35)14-18(2)3)16-31-29(36)37-17-24-22-12-7-5-10-20(22)21-11-6-8-13-23(21)24;;/h5-8,10-13,18-19,24-25H,4,9,14-17H2,1-3H3,(H2,30,35)(H,31,36)(H,32,34);2*1H2/t19-,25+;;/m1../s1. The number of nitrogens with one attached hydrogen (secondary N) is 2. The number of nitrogens with two attached hydrogens (primary N) is 1. The molecule has 2 aromatic carbocycles. The van der Waals surface area contributed by atoms with Crippen molar-refractivity contribution in [2.45, 2.75) is 58.4 Å². The Morgan fingerprint density at radius 2 is 1.51 bits per heavy atom. The van der Waals surface area contributed by atoms with Gasteiger partial charge in [0.05, 0.1) is 0 Å². The summed E-state index contributed by atoms with van der Waals surface area (Å²) < 4.78 is 5.55. The van der Waals surface area contributed by atoms with Gasteiger partial charge in [0.15, 0.2) is 5.78 Å². The zero-order valence-corrected chi connectivity index (χ0v) is 24.8. The molecule has 39 heavy (non-hydrogen) atoms. The molecular weight excluding hydrogens is 534 g/mol. The minimum Gasteiger partial charge on any atom is -0.449 e. The molecule has 0 heterocycles. The van der Waals surface area contributed by atoms with E-state index in [9.17, 15) is 19.2 Å².